The van der Waals surface area contributed by atoms with Crippen LogP contribution < -0.4 is 0 Å². The van der Waals surface area contributed by atoms with Crippen molar-refractivity contribution in [3.63, 3.8) is 0 Å². The van der Waals surface area contributed by atoms with Gasteiger partial charge in [-0.1, -0.05) is 17.7 Å². The largest absolute Gasteiger partial charge is 0.256 e. The Labute approximate surface area is 72.4 Å². The SMILES string of the molecule is C#CC1CCP(=S)(S)N1C. The molecule has 0 N–H and O–H groups in total. The topological polar surface area (TPSA) is 3.24 Å². The van der Waals surface area contributed by atoms with Gasteiger partial charge in [0.15, 0.2) is 0 Å². The average molecular weight is 191 g/mol. The molecule has 0 saturated carbocycles. The summed E-state index contributed by atoms with van der Waals surface area (Å²) in [5.41, 5.74) is 0. The number of nitrogens with zero attached hydrogens (tertiary/aromatic N) is 1. The molecule has 0 bridgehead atoms. The van der Waals surface area contributed by atoms with E-state index >= 15 is 0 Å². The fraction of sp³-hybridized carbons (Fsp3) is 0.667. The maximum Gasteiger partial charge on any atom is 0.0759 e. The second kappa shape index (κ2) is 2.87. The molecule has 4 heteroatoms. The van der Waals surface area contributed by atoms with E-state index in [0.717, 1.165) is 12.6 Å². The standard InChI is InChI=1S/C6H10NPS2/c1-3-6-4-5-8(9,10)7(6)2/h1,6H,4-5H2,2H3,(H,9,10). The Morgan fingerprint density at radius 3 is 2.70 bits per heavy atom. The van der Waals surface area contributed by atoms with Crippen LogP contribution in [-0.2, 0) is 11.8 Å². The Hall–Kier alpha value is 0.520. The van der Waals surface area contributed by atoms with Crippen LogP contribution in [0, 0.1) is 12.3 Å². The Bertz CT molecular complexity index is 220. The maximum absolute atomic E-state index is 5.29. The molecule has 0 radical (unpaired) electrons. The van der Waals surface area contributed by atoms with Crippen molar-refractivity contribution in [3.05, 3.63) is 0 Å². The van der Waals surface area contributed by atoms with Gasteiger partial charge in [0.1, 0.15) is 0 Å². The fourth-order valence-electron chi connectivity index (χ4n) is 1.04. The zero-order valence-electron chi connectivity index (χ0n) is 5.82. The van der Waals surface area contributed by atoms with Crippen molar-refractivity contribution in [3.8, 4) is 12.3 Å². The van der Waals surface area contributed by atoms with Gasteiger partial charge in [0.05, 0.1) is 11.4 Å². The molecule has 0 aromatic heterocycles. The average Bonchev–Trinajstić information content (AvgIpc) is 2.10. The van der Waals surface area contributed by atoms with E-state index in [2.05, 4.69) is 22.8 Å². The van der Waals surface area contributed by atoms with E-state index in [9.17, 15) is 0 Å². The first kappa shape index (κ1) is 8.62. The summed E-state index contributed by atoms with van der Waals surface area (Å²) in [5, 5.41) is -1.49. The van der Waals surface area contributed by atoms with Gasteiger partial charge >= 0.3 is 0 Å². The van der Waals surface area contributed by atoms with Crippen LogP contribution in [0.1, 0.15) is 6.42 Å². The lowest BCUT2D eigenvalue weighted by molar-refractivity contribution is 0.505. The third-order valence-electron chi connectivity index (χ3n) is 1.83. The molecule has 56 valence electrons. The summed E-state index contributed by atoms with van der Waals surface area (Å²) >= 11 is 9.69. The summed E-state index contributed by atoms with van der Waals surface area (Å²) in [4.78, 5) is 0. The predicted molar refractivity (Wildman–Crippen MR) is 53.1 cm³/mol. The van der Waals surface area contributed by atoms with Crippen LogP contribution in [0.5, 0.6) is 0 Å². The van der Waals surface area contributed by atoms with Crippen LogP contribution in [0.25, 0.3) is 0 Å². The molecule has 0 spiro atoms. The molecule has 1 nitrogen and oxygen atoms in total. The van der Waals surface area contributed by atoms with Crippen LogP contribution in [-0.4, -0.2) is 23.9 Å². The van der Waals surface area contributed by atoms with Crippen molar-refractivity contribution in [2.75, 3.05) is 13.2 Å². The molecule has 2 atom stereocenters. The van der Waals surface area contributed by atoms with Gasteiger partial charge < -0.3 is 0 Å². The molecule has 1 heterocycles. The number of hydrogen-bond acceptors (Lipinski definition) is 1. The summed E-state index contributed by atoms with van der Waals surface area (Å²) < 4.78 is 2.07. The summed E-state index contributed by atoms with van der Waals surface area (Å²) in [7, 11) is 1.98. The molecule has 0 aromatic carbocycles. The summed E-state index contributed by atoms with van der Waals surface area (Å²) in [5.74, 6) is 2.71. The van der Waals surface area contributed by atoms with E-state index < -0.39 is 5.39 Å². The first-order valence-corrected chi connectivity index (χ1v) is 7.18. The zero-order chi connectivity index (χ0) is 7.78. The Morgan fingerprint density at radius 2 is 2.50 bits per heavy atom. The van der Waals surface area contributed by atoms with E-state index in [1.54, 1.807) is 0 Å². The highest BCUT2D eigenvalue weighted by Crippen LogP contribution is 2.59. The highest BCUT2D eigenvalue weighted by atomic mass is 32.9. The first-order chi connectivity index (χ1) is 4.58. The minimum Gasteiger partial charge on any atom is -0.256 e. The number of rotatable bonds is 0. The molecule has 10 heavy (non-hydrogen) atoms. The van der Waals surface area contributed by atoms with Crippen LogP contribution >= 0.6 is 17.6 Å². The zero-order valence-corrected chi connectivity index (χ0v) is 8.42. The molecular weight excluding hydrogens is 181 g/mol. The van der Waals surface area contributed by atoms with Gasteiger partial charge in [0.2, 0.25) is 0 Å². The van der Waals surface area contributed by atoms with Gasteiger partial charge in [0, 0.05) is 6.16 Å². The fourth-order valence-corrected chi connectivity index (χ4v) is 3.94. The second-order valence-corrected chi connectivity index (χ2v) is 9.45. The molecule has 1 saturated heterocycles. The molecule has 1 fully saturated rings. The van der Waals surface area contributed by atoms with Crippen LogP contribution in [0.2, 0.25) is 0 Å². The normalized spacial score (nSPS) is 41.5. The number of terminal acetylenes is 1. The maximum atomic E-state index is 5.29. The van der Waals surface area contributed by atoms with Crippen LogP contribution in [0.3, 0.4) is 0 Å². The predicted octanol–water partition coefficient (Wildman–Crippen LogP) is 1.56. The Morgan fingerprint density at radius 1 is 1.90 bits per heavy atom. The molecule has 0 aromatic rings. The lowest BCUT2D eigenvalue weighted by Gasteiger charge is -2.20. The minimum absolute atomic E-state index is 0.239. The summed E-state index contributed by atoms with van der Waals surface area (Å²) in [6, 6.07) is 0.239. The quantitative estimate of drug-likeness (QED) is 0.352. The number of thiol groups is 1. The van der Waals surface area contributed by atoms with Crippen LogP contribution in [0.4, 0.5) is 0 Å². The minimum atomic E-state index is -1.49. The van der Waals surface area contributed by atoms with Gasteiger partial charge in [-0.3, -0.25) is 4.67 Å². The van der Waals surface area contributed by atoms with Crippen molar-refractivity contribution in [2.45, 2.75) is 12.5 Å². The van der Waals surface area contributed by atoms with Crippen molar-refractivity contribution < 1.29 is 0 Å². The molecule has 1 rings (SSSR count). The smallest absolute Gasteiger partial charge is 0.0759 e. The van der Waals surface area contributed by atoms with Crippen molar-refractivity contribution in [2.24, 2.45) is 0 Å². The second-order valence-electron chi connectivity index (χ2n) is 2.43. The van der Waals surface area contributed by atoms with Crippen LogP contribution in [0.15, 0.2) is 0 Å². The highest BCUT2D eigenvalue weighted by molar-refractivity contribution is 8.62. The van der Waals surface area contributed by atoms with E-state index in [1.807, 2.05) is 7.05 Å². The molecule has 1 aliphatic heterocycles. The summed E-state index contributed by atoms with van der Waals surface area (Å²) in [6.07, 6.45) is 7.32. The Balaban J connectivity index is 2.79. The van der Waals surface area contributed by atoms with Gasteiger partial charge in [-0.05, 0) is 13.5 Å². The molecule has 1 aliphatic rings. The lowest BCUT2D eigenvalue weighted by Crippen LogP contribution is -2.18. The van der Waals surface area contributed by atoms with Gasteiger partial charge in [0.25, 0.3) is 0 Å². The lowest BCUT2D eigenvalue weighted by atomic mass is 10.2. The molecule has 2 unspecified atom stereocenters. The van der Waals surface area contributed by atoms with E-state index in [0.29, 0.717) is 0 Å². The van der Waals surface area contributed by atoms with Gasteiger partial charge in [-0.2, -0.15) is 0 Å². The van der Waals surface area contributed by atoms with Crippen molar-refractivity contribution >= 4 is 29.4 Å². The first-order valence-electron chi connectivity index (χ1n) is 3.09. The van der Waals surface area contributed by atoms with Gasteiger partial charge in [-0.15, -0.1) is 18.7 Å². The number of hydrogen-bond donors (Lipinski definition) is 1. The van der Waals surface area contributed by atoms with E-state index in [-0.39, 0.29) is 6.04 Å². The molecular formula is C6H10NPS2. The highest BCUT2D eigenvalue weighted by Gasteiger charge is 2.31. The Kier molecular flexibility index (Phi) is 2.47. The molecule has 0 amide bonds. The summed E-state index contributed by atoms with van der Waals surface area (Å²) in [6.45, 7) is 0. The van der Waals surface area contributed by atoms with Crippen molar-refractivity contribution in [1.82, 2.24) is 4.67 Å². The van der Waals surface area contributed by atoms with E-state index in [1.165, 1.54) is 0 Å². The molecule has 0 aliphatic carbocycles. The third kappa shape index (κ3) is 1.40. The van der Waals surface area contributed by atoms with Gasteiger partial charge in [-0.25, -0.2) is 0 Å². The van der Waals surface area contributed by atoms with Crippen molar-refractivity contribution in [1.29, 1.82) is 0 Å². The monoisotopic (exact) mass is 191 g/mol. The third-order valence-corrected chi connectivity index (χ3v) is 6.70. The van der Waals surface area contributed by atoms with E-state index in [4.69, 9.17) is 18.2 Å².